The minimum Gasteiger partial charge on any atom is -0.313 e. The molecule has 0 aliphatic heterocycles. The summed E-state index contributed by atoms with van der Waals surface area (Å²) in [6.45, 7) is 7.16. The van der Waals surface area contributed by atoms with Crippen molar-refractivity contribution in [3.8, 4) is 0 Å². The maximum absolute atomic E-state index is 11.2. The van der Waals surface area contributed by atoms with E-state index in [1.165, 1.54) is 0 Å². The minimum absolute atomic E-state index is 0.0105. The molecule has 0 spiro atoms. The number of nitrogens with zero attached hydrogens (tertiary/aromatic N) is 1. The van der Waals surface area contributed by atoms with Gasteiger partial charge in [-0.25, -0.2) is 0 Å². The fourth-order valence-electron chi connectivity index (χ4n) is 1.45. The number of rotatable bonds is 3. The summed E-state index contributed by atoms with van der Waals surface area (Å²) in [7, 11) is 0. The standard InChI is InChI=1S/C12H15NO/c1-4-13(11(3)14)10(2)12-8-6-5-7-9-12/h4-10H,1H2,2-3H3. The smallest absolute Gasteiger partial charge is 0.223 e. The van der Waals surface area contributed by atoms with Crippen LogP contribution in [0.3, 0.4) is 0 Å². The Kier molecular flexibility index (Phi) is 3.46. The van der Waals surface area contributed by atoms with Crippen LogP contribution in [0.2, 0.25) is 0 Å². The lowest BCUT2D eigenvalue weighted by Crippen LogP contribution is -2.25. The van der Waals surface area contributed by atoms with Crippen molar-refractivity contribution >= 4 is 5.91 Å². The van der Waals surface area contributed by atoms with Crippen LogP contribution >= 0.6 is 0 Å². The van der Waals surface area contributed by atoms with E-state index in [9.17, 15) is 4.79 Å². The monoisotopic (exact) mass is 189 g/mol. The number of benzene rings is 1. The van der Waals surface area contributed by atoms with Crippen LogP contribution in [-0.2, 0) is 4.79 Å². The highest BCUT2D eigenvalue weighted by molar-refractivity contribution is 5.74. The van der Waals surface area contributed by atoms with Gasteiger partial charge in [0.1, 0.15) is 0 Å². The highest BCUT2D eigenvalue weighted by Crippen LogP contribution is 2.19. The molecule has 0 N–H and O–H groups in total. The zero-order valence-electron chi connectivity index (χ0n) is 8.60. The molecular weight excluding hydrogens is 174 g/mol. The highest BCUT2D eigenvalue weighted by atomic mass is 16.2. The molecule has 0 aliphatic rings. The van der Waals surface area contributed by atoms with E-state index in [-0.39, 0.29) is 11.9 Å². The van der Waals surface area contributed by atoms with Crippen molar-refractivity contribution < 1.29 is 4.79 Å². The van der Waals surface area contributed by atoms with E-state index in [2.05, 4.69) is 6.58 Å². The summed E-state index contributed by atoms with van der Waals surface area (Å²) in [6, 6.07) is 9.95. The van der Waals surface area contributed by atoms with E-state index >= 15 is 0 Å². The molecule has 0 saturated carbocycles. The Balaban J connectivity index is 2.88. The molecule has 1 aromatic carbocycles. The van der Waals surface area contributed by atoms with Gasteiger partial charge in [0.15, 0.2) is 0 Å². The van der Waals surface area contributed by atoms with E-state index in [1.54, 1.807) is 18.0 Å². The second-order valence-electron chi connectivity index (χ2n) is 3.20. The number of carbonyl (C=O) groups excluding carboxylic acids is 1. The molecule has 74 valence electrons. The number of carbonyl (C=O) groups is 1. The second kappa shape index (κ2) is 4.61. The summed E-state index contributed by atoms with van der Waals surface area (Å²) >= 11 is 0. The topological polar surface area (TPSA) is 20.3 Å². The predicted molar refractivity (Wildman–Crippen MR) is 57.6 cm³/mol. The van der Waals surface area contributed by atoms with E-state index in [1.807, 2.05) is 37.3 Å². The summed E-state index contributed by atoms with van der Waals surface area (Å²) in [5.74, 6) is 0.0105. The molecule has 1 aromatic rings. The summed E-state index contributed by atoms with van der Waals surface area (Å²) in [5.41, 5.74) is 1.11. The molecule has 1 atom stereocenters. The van der Waals surface area contributed by atoms with Gasteiger partial charge in [-0.2, -0.15) is 0 Å². The summed E-state index contributed by atoms with van der Waals surface area (Å²) in [5, 5.41) is 0. The maximum atomic E-state index is 11.2. The molecule has 0 radical (unpaired) electrons. The van der Waals surface area contributed by atoms with Crippen LogP contribution in [0, 0.1) is 0 Å². The van der Waals surface area contributed by atoms with Crippen molar-refractivity contribution in [2.45, 2.75) is 19.9 Å². The third-order valence-electron chi connectivity index (χ3n) is 2.26. The first-order valence-corrected chi connectivity index (χ1v) is 4.63. The molecule has 1 unspecified atom stereocenters. The lowest BCUT2D eigenvalue weighted by atomic mass is 10.1. The van der Waals surface area contributed by atoms with E-state index in [4.69, 9.17) is 0 Å². The van der Waals surface area contributed by atoms with Crippen LogP contribution in [0.4, 0.5) is 0 Å². The molecule has 2 heteroatoms. The molecule has 1 amide bonds. The number of hydrogen-bond acceptors (Lipinski definition) is 1. The van der Waals surface area contributed by atoms with Crippen molar-refractivity contribution in [1.82, 2.24) is 4.90 Å². The van der Waals surface area contributed by atoms with E-state index in [0.29, 0.717) is 0 Å². The molecular formula is C12H15NO. The quantitative estimate of drug-likeness (QED) is 0.716. The average Bonchev–Trinajstić information content (AvgIpc) is 2.19. The van der Waals surface area contributed by atoms with E-state index in [0.717, 1.165) is 5.56 Å². The van der Waals surface area contributed by atoms with Crippen molar-refractivity contribution in [2.75, 3.05) is 0 Å². The Morgan fingerprint density at radius 3 is 2.43 bits per heavy atom. The molecule has 14 heavy (non-hydrogen) atoms. The van der Waals surface area contributed by atoms with Crippen LogP contribution < -0.4 is 0 Å². The lowest BCUT2D eigenvalue weighted by Gasteiger charge is -2.24. The highest BCUT2D eigenvalue weighted by Gasteiger charge is 2.14. The normalized spacial score (nSPS) is 11.9. The van der Waals surface area contributed by atoms with Crippen LogP contribution in [0.5, 0.6) is 0 Å². The van der Waals surface area contributed by atoms with Gasteiger partial charge in [0.25, 0.3) is 0 Å². The van der Waals surface area contributed by atoms with Gasteiger partial charge in [-0.3, -0.25) is 4.79 Å². The van der Waals surface area contributed by atoms with Gasteiger partial charge in [0.2, 0.25) is 5.91 Å². The van der Waals surface area contributed by atoms with Crippen LogP contribution in [0.1, 0.15) is 25.5 Å². The van der Waals surface area contributed by atoms with Crippen molar-refractivity contribution in [2.24, 2.45) is 0 Å². The Morgan fingerprint density at radius 2 is 2.00 bits per heavy atom. The molecule has 2 nitrogen and oxygen atoms in total. The molecule has 0 aromatic heterocycles. The molecule has 0 aliphatic carbocycles. The lowest BCUT2D eigenvalue weighted by molar-refractivity contribution is -0.127. The molecule has 1 rings (SSSR count). The zero-order chi connectivity index (χ0) is 10.6. The average molecular weight is 189 g/mol. The third kappa shape index (κ3) is 2.22. The third-order valence-corrected chi connectivity index (χ3v) is 2.26. The van der Waals surface area contributed by atoms with Crippen molar-refractivity contribution in [3.05, 3.63) is 48.7 Å². The fraction of sp³-hybridized carbons (Fsp3) is 0.250. The Bertz CT molecular complexity index is 318. The SMILES string of the molecule is C=CN(C(C)=O)C(C)c1ccccc1. The first-order valence-electron chi connectivity index (χ1n) is 4.63. The number of hydrogen-bond donors (Lipinski definition) is 0. The number of amides is 1. The van der Waals surface area contributed by atoms with Crippen molar-refractivity contribution in [3.63, 3.8) is 0 Å². The molecule has 0 heterocycles. The second-order valence-corrected chi connectivity index (χ2v) is 3.20. The van der Waals surface area contributed by atoms with Gasteiger partial charge in [-0.1, -0.05) is 36.9 Å². The Hall–Kier alpha value is -1.57. The zero-order valence-corrected chi connectivity index (χ0v) is 8.60. The Labute approximate surface area is 84.9 Å². The van der Waals surface area contributed by atoms with E-state index < -0.39 is 0 Å². The first kappa shape index (κ1) is 10.5. The van der Waals surface area contributed by atoms with Crippen molar-refractivity contribution in [1.29, 1.82) is 0 Å². The van der Waals surface area contributed by atoms with Gasteiger partial charge < -0.3 is 4.90 Å². The fourth-order valence-corrected chi connectivity index (χ4v) is 1.45. The van der Waals surface area contributed by atoms with Gasteiger partial charge in [-0.15, -0.1) is 0 Å². The largest absolute Gasteiger partial charge is 0.313 e. The first-order chi connectivity index (χ1) is 6.66. The van der Waals surface area contributed by atoms with Gasteiger partial charge >= 0.3 is 0 Å². The summed E-state index contributed by atoms with van der Waals surface area (Å²) in [4.78, 5) is 12.9. The predicted octanol–water partition coefficient (Wildman–Crippen LogP) is 2.74. The van der Waals surface area contributed by atoms with Crippen LogP contribution in [-0.4, -0.2) is 10.8 Å². The summed E-state index contributed by atoms with van der Waals surface area (Å²) < 4.78 is 0. The summed E-state index contributed by atoms with van der Waals surface area (Å²) in [6.07, 6.45) is 1.57. The maximum Gasteiger partial charge on any atom is 0.223 e. The van der Waals surface area contributed by atoms with Crippen LogP contribution in [0.15, 0.2) is 43.1 Å². The molecule has 0 bridgehead atoms. The van der Waals surface area contributed by atoms with Crippen LogP contribution in [0.25, 0.3) is 0 Å². The van der Waals surface area contributed by atoms with Gasteiger partial charge in [-0.05, 0) is 12.5 Å². The van der Waals surface area contributed by atoms with Gasteiger partial charge in [0, 0.05) is 13.1 Å². The minimum atomic E-state index is 0.0105. The van der Waals surface area contributed by atoms with Gasteiger partial charge in [0.05, 0.1) is 6.04 Å². The Morgan fingerprint density at radius 1 is 1.43 bits per heavy atom. The molecule has 0 saturated heterocycles. The molecule has 0 fully saturated rings.